The van der Waals surface area contributed by atoms with Gasteiger partial charge in [-0.2, -0.15) is 0 Å². The Kier molecular flexibility index (Phi) is 4.36. The lowest BCUT2D eigenvalue weighted by molar-refractivity contribution is -0.114. The van der Waals surface area contributed by atoms with Crippen molar-refractivity contribution in [1.29, 1.82) is 0 Å². The zero-order valence-electron chi connectivity index (χ0n) is 12.2. The van der Waals surface area contributed by atoms with E-state index in [9.17, 15) is 18.0 Å². The molecule has 0 radical (unpaired) electrons. The van der Waals surface area contributed by atoms with Crippen molar-refractivity contribution in [2.45, 2.75) is 15.5 Å². The monoisotopic (exact) mass is 361 g/mol. The predicted molar refractivity (Wildman–Crippen MR) is 85.6 cm³/mol. The van der Waals surface area contributed by atoms with Crippen LogP contribution in [0.1, 0.15) is 15.5 Å². The number of thiophene rings is 1. The summed E-state index contributed by atoms with van der Waals surface area (Å²) in [4.78, 5) is 28.1. The lowest BCUT2D eigenvalue weighted by Gasteiger charge is -2.00. The standard InChI is InChI=1S/C15H11N3O4S2/c19-12(14(20)15-16-9-17-18-15)8-10-6-7-13(23-10)24(21,22)11-4-2-1-3-5-11/h1-7,9H,8H2,(H,16,17,18). The van der Waals surface area contributed by atoms with Gasteiger partial charge in [-0.3, -0.25) is 14.7 Å². The molecule has 0 aliphatic carbocycles. The fourth-order valence-corrected chi connectivity index (χ4v) is 4.77. The van der Waals surface area contributed by atoms with E-state index in [0.29, 0.717) is 4.88 Å². The Labute approximate surface area is 141 Å². The fraction of sp³-hybridized carbons (Fsp3) is 0.0667. The summed E-state index contributed by atoms with van der Waals surface area (Å²) in [6.07, 6.45) is 1.01. The third-order valence-electron chi connectivity index (χ3n) is 3.16. The van der Waals surface area contributed by atoms with Crippen molar-refractivity contribution >= 4 is 32.7 Å². The van der Waals surface area contributed by atoms with Crippen molar-refractivity contribution in [2.24, 2.45) is 0 Å². The van der Waals surface area contributed by atoms with Gasteiger partial charge in [-0.05, 0) is 24.3 Å². The lowest BCUT2D eigenvalue weighted by Crippen LogP contribution is -2.17. The molecular weight excluding hydrogens is 350 g/mol. The third kappa shape index (κ3) is 3.17. The molecule has 3 rings (SSSR count). The van der Waals surface area contributed by atoms with Crippen molar-refractivity contribution in [3.8, 4) is 0 Å². The van der Waals surface area contributed by atoms with E-state index in [1.54, 1.807) is 18.2 Å². The average molecular weight is 361 g/mol. The van der Waals surface area contributed by atoms with Crippen molar-refractivity contribution in [3.05, 3.63) is 59.5 Å². The van der Waals surface area contributed by atoms with Crippen LogP contribution in [0.5, 0.6) is 0 Å². The normalized spacial score (nSPS) is 11.3. The summed E-state index contributed by atoms with van der Waals surface area (Å²) in [7, 11) is -3.62. The number of benzene rings is 1. The molecule has 3 aromatic rings. The van der Waals surface area contributed by atoms with Crippen LogP contribution in [-0.2, 0) is 21.1 Å². The minimum atomic E-state index is -3.62. The number of carbonyl (C=O) groups is 2. The summed E-state index contributed by atoms with van der Waals surface area (Å²) in [6.45, 7) is 0. The number of aromatic amines is 1. The molecule has 0 atom stereocenters. The smallest absolute Gasteiger partial charge is 0.267 e. The quantitative estimate of drug-likeness (QED) is 0.528. The van der Waals surface area contributed by atoms with E-state index in [1.807, 2.05) is 0 Å². The molecule has 0 saturated heterocycles. The highest BCUT2D eigenvalue weighted by Crippen LogP contribution is 2.28. The Morgan fingerprint density at radius 3 is 2.50 bits per heavy atom. The number of ketones is 2. The van der Waals surface area contributed by atoms with E-state index in [0.717, 1.165) is 11.3 Å². The molecule has 9 heteroatoms. The van der Waals surface area contributed by atoms with E-state index >= 15 is 0 Å². The lowest BCUT2D eigenvalue weighted by atomic mass is 10.1. The van der Waals surface area contributed by atoms with E-state index in [2.05, 4.69) is 15.2 Å². The van der Waals surface area contributed by atoms with Crippen molar-refractivity contribution in [1.82, 2.24) is 15.2 Å². The number of sulfone groups is 1. The molecule has 1 N–H and O–H groups in total. The van der Waals surface area contributed by atoms with Crippen LogP contribution in [-0.4, -0.2) is 35.2 Å². The third-order valence-corrected chi connectivity index (χ3v) is 6.51. The van der Waals surface area contributed by atoms with Crippen molar-refractivity contribution in [2.75, 3.05) is 0 Å². The average Bonchev–Trinajstić information content (AvgIpc) is 3.27. The second-order valence-electron chi connectivity index (χ2n) is 4.79. The molecule has 0 amide bonds. The minimum Gasteiger partial charge on any atom is -0.290 e. The maximum Gasteiger partial charge on any atom is 0.267 e. The number of nitrogens with one attached hydrogen (secondary N) is 1. The zero-order chi connectivity index (χ0) is 17.2. The van der Waals surface area contributed by atoms with Gasteiger partial charge >= 0.3 is 0 Å². The zero-order valence-corrected chi connectivity index (χ0v) is 13.8. The van der Waals surface area contributed by atoms with Crippen LogP contribution in [0.3, 0.4) is 0 Å². The number of carbonyl (C=O) groups excluding carboxylic acids is 2. The highest BCUT2D eigenvalue weighted by atomic mass is 32.2. The Hall–Kier alpha value is -2.65. The number of hydrogen-bond donors (Lipinski definition) is 1. The van der Waals surface area contributed by atoms with E-state index in [4.69, 9.17) is 0 Å². The first-order valence-electron chi connectivity index (χ1n) is 6.80. The van der Waals surface area contributed by atoms with Crippen LogP contribution in [0.15, 0.2) is 57.9 Å². The highest BCUT2D eigenvalue weighted by Gasteiger charge is 2.23. The molecule has 0 aliphatic heterocycles. The molecule has 0 aliphatic rings. The van der Waals surface area contributed by atoms with Gasteiger partial charge in [0.25, 0.3) is 5.78 Å². The maximum atomic E-state index is 12.5. The van der Waals surface area contributed by atoms with Crippen LogP contribution in [0.25, 0.3) is 0 Å². The molecule has 24 heavy (non-hydrogen) atoms. The first-order valence-corrected chi connectivity index (χ1v) is 9.10. The van der Waals surface area contributed by atoms with E-state index in [1.165, 1.54) is 30.6 Å². The number of hydrogen-bond acceptors (Lipinski definition) is 7. The van der Waals surface area contributed by atoms with Gasteiger partial charge in [0.15, 0.2) is 0 Å². The summed E-state index contributed by atoms with van der Waals surface area (Å²) in [5.74, 6) is -1.70. The maximum absolute atomic E-state index is 12.5. The van der Waals surface area contributed by atoms with Gasteiger partial charge < -0.3 is 0 Å². The number of H-pyrrole nitrogens is 1. The van der Waals surface area contributed by atoms with Gasteiger partial charge in [0.05, 0.1) is 4.90 Å². The van der Waals surface area contributed by atoms with E-state index in [-0.39, 0.29) is 21.3 Å². The Morgan fingerprint density at radius 1 is 1.08 bits per heavy atom. The summed E-state index contributed by atoms with van der Waals surface area (Å²) >= 11 is 0.968. The van der Waals surface area contributed by atoms with Crippen molar-refractivity contribution in [3.63, 3.8) is 0 Å². The Bertz CT molecular complexity index is 977. The SMILES string of the molecule is O=C(Cc1ccc(S(=O)(=O)c2ccccc2)s1)C(=O)c1nc[nH]n1. The minimum absolute atomic E-state index is 0.127. The summed E-state index contributed by atoms with van der Waals surface area (Å²) in [5.41, 5.74) is 0. The molecule has 0 fully saturated rings. The first kappa shape index (κ1) is 16.2. The van der Waals surface area contributed by atoms with Crippen LogP contribution in [0, 0.1) is 0 Å². The largest absolute Gasteiger partial charge is 0.290 e. The molecule has 2 aromatic heterocycles. The molecule has 122 valence electrons. The van der Waals surface area contributed by atoms with Gasteiger partial charge in [0.1, 0.15) is 10.5 Å². The number of aromatic nitrogens is 3. The first-order chi connectivity index (χ1) is 11.5. The van der Waals surface area contributed by atoms with Gasteiger partial charge in [-0.15, -0.1) is 16.4 Å². The number of Topliss-reactive ketones (excluding diaryl/α,β-unsaturated/α-hetero) is 2. The molecule has 0 bridgehead atoms. The fourth-order valence-electron chi connectivity index (χ4n) is 1.99. The molecule has 0 spiro atoms. The summed E-state index contributed by atoms with van der Waals surface area (Å²) in [5, 5.41) is 5.92. The number of nitrogens with zero attached hydrogens (tertiary/aromatic N) is 2. The molecule has 2 heterocycles. The van der Waals surface area contributed by atoms with Crippen LogP contribution in [0.4, 0.5) is 0 Å². The molecule has 0 saturated carbocycles. The van der Waals surface area contributed by atoms with Gasteiger partial charge in [0, 0.05) is 11.3 Å². The van der Waals surface area contributed by atoms with Crippen LogP contribution >= 0.6 is 11.3 Å². The van der Waals surface area contributed by atoms with Crippen LogP contribution < -0.4 is 0 Å². The summed E-state index contributed by atoms with van der Waals surface area (Å²) < 4.78 is 25.1. The Morgan fingerprint density at radius 2 is 1.83 bits per heavy atom. The van der Waals surface area contributed by atoms with Crippen molar-refractivity contribution < 1.29 is 18.0 Å². The summed E-state index contributed by atoms with van der Waals surface area (Å²) in [6, 6.07) is 11.0. The second-order valence-corrected chi connectivity index (χ2v) is 8.13. The van der Waals surface area contributed by atoms with E-state index < -0.39 is 21.4 Å². The highest BCUT2D eigenvalue weighted by molar-refractivity contribution is 7.93. The Balaban J connectivity index is 1.79. The molecular formula is C15H11N3O4S2. The second kappa shape index (κ2) is 6.46. The van der Waals surface area contributed by atoms with Gasteiger partial charge in [0.2, 0.25) is 21.4 Å². The molecule has 7 nitrogen and oxygen atoms in total. The van der Waals surface area contributed by atoms with Gasteiger partial charge in [-0.1, -0.05) is 18.2 Å². The predicted octanol–water partition coefficient (Wildman–Crippen LogP) is 1.69. The van der Waals surface area contributed by atoms with Gasteiger partial charge in [-0.25, -0.2) is 13.4 Å². The van der Waals surface area contributed by atoms with Crippen LogP contribution in [0.2, 0.25) is 0 Å². The topological polar surface area (TPSA) is 110 Å². The number of rotatable bonds is 6. The molecule has 0 unspecified atom stereocenters. The molecule has 1 aromatic carbocycles.